The van der Waals surface area contributed by atoms with E-state index in [4.69, 9.17) is 0 Å². The largest absolute Gasteiger partial charge is 0.204 e. The minimum absolute atomic E-state index is 0.774. The zero-order valence-electron chi connectivity index (χ0n) is 7.20. The molecule has 1 radical (unpaired) electrons. The lowest BCUT2D eigenvalue weighted by Crippen LogP contribution is -1.94. The highest BCUT2D eigenvalue weighted by molar-refractivity contribution is 5.29. The quantitative estimate of drug-likeness (QED) is 0.637. The molecule has 0 amide bonds. The monoisotopic (exact) mass is 169 g/mol. The van der Waals surface area contributed by atoms with Crippen LogP contribution in [0, 0.1) is 17.6 Å². The van der Waals surface area contributed by atoms with Crippen molar-refractivity contribution >= 4 is 0 Å². The number of halogens is 2. The molecule has 65 valence electrons. The summed E-state index contributed by atoms with van der Waals surface area (Å²) in [6.07, 6.45) is 0.852. The Kier molecular flexibility index (Phi) is 2.79. The van der Waals surface area contributed by atoms with Crippen molar-refractivity contribution in [3.63, 3.8) is 0 Å². The molecule has 0 heterocycles. The van der Waals surface area contributed by atoms with E-state index in [2.05, 4.69) is 0 Å². The number of benzene rings is 1. The lowest BCUT2D eigenvalue weighted by atomic mass is 9.99. The van der Waals surface area contributed by atoms with Crippen LogP contribution in [0.2, 0.25) is 0 Å². The summed E-state index contributed by atoms with van der Waals surface area (Å²) in [6.45, 7) is 3.89. The molecule has 0 unspecified atom stereocenters. The van der Waals surface area contributed by atoms with Gasteiger partial charge in [-0.3, -0.25) is 0 Å². The third-order valence-electron chi connectivity index (χ3n) is 1.94. The number of hydrogen-bond donors (Lipinski definition) is 0. The Morgan fingerprint density at radius 2 is 1.92 bits per heavy atom. The zero-order chi connectivity index (χ0) is 9.14. The predicted octanol–water partition coefficient (Wildman–Crippen LogP) is 3.32. The molecule has 0 saturated heterocycles. The van der Waals surface area contributed by atoms with Crippen LogP contribution in [0.1, 0.15) is 25.8 Å². The van der Waals surface area contributed by atoms with Gasteiger partial charge in [-0.2, -0.15) is 0 Å². The lowest BCUT2D eigenvalue weighted by molar-refractivity contribution is 0.507. The first kappa shape index (κ1) is 9.17. The zero-order valence-corrected chi connectivity index (χ0v) is 7.20. The second-order valence-electron chi connectivity index (χ2n) is 2.76. The van der Waals surface area contributed by atoms with Crippen molar-refractivity contribution in [1.29, 1.82) is 0 Å². The first-order valence-corrected chi connectivity index (χ1v) is 3.93. The van der Waals surface area contributed by atoms with Crippen LogP contribution in [0.4, 0.5) is 8.78 Å². The van der Waals surface area contributed by atoms with E-state index in [1.165, 1.54) is 6.07 Å². The van der Waals surface area contributed by atoms with Crippen molar-refractivity contribution in [2.45, 2.75) is 20.3 Å². The molecule has 1 aromatic carbocycles. The maximum atomic E-state index is 12.7. The van der Waals surface area contributed by atoms with Crippen molar-refractivity contribution < 1.29 is 8.78 Å². The van der Waals surface area contributed by atoms with Crippen LogP contribution in [0.3, 0.4) is 0 Å². The molecule has 0 atom stereocenters. The van der Waals surface area contributed by atoms with Crippen molar-refractivity contribution in [1.82, 2.24) is 0 Å². The van der Waals surface area contributed by atoms with Crippen molar-refractivity contribution in [2.24, 2.45) is 0 Å². The fourth-order valence-corrected chi connectivity index (χ4v) is 0.966. The van der Waals surface area contributed by atoms with Gasteiger partial charge < -0.3 is 0 Å². The van der Waals surface area contributed by atoms with E-state index >= 15 is 0 Å². The van der Waals surface area contributed by atoms with Crippen LogP contribution in [-0.2, 0) is 0 Å². The van der Waals surface area contributed by atoms with E-state index in [1.807, 2.05) is 13.8 Å². The van der Waals surface area contributed by atoms with Gasteiger partial charge in [-0.25, -0.2) is 8.78 Å². The summed E-state index contributed by atoms with van der Waals surface area (Å²) < 4.78 is 25.2. The normalized spacial score (nSPS) is 10.8. The predicted molar refractivity (Wildman–Crippen MR) is 44.7 cm³/mol. The van der Waals surface area contributed by atoms with Gasteiger partial charge >= 0.3 is 0 Å². The molecule has 0 aliphatic heterocycles. The van der Waals surface area contributed by atoms with Crippen LogP contribution in [0.25, 0.3) is 0 Å². The Morgan fingerprint density at radius 1 is 1.25 bits per heavy atom. The Hall–Kier alpha value is -0.920. The second kappa shape index (κ2) is 3.65. The maximum absolute atomic E-state index is 12.7. The van der Waals surface area contributed by atoms with Gasteiger partial charge in [0.1, 0.15) is 0 Å². The summed E-state index contributed by atoms with van der Waals surface area (Å²) >= 11 is 0. The second-order valence-corrected chi connectivity index (χ2v) is 2.76. The standard InChI is InChI=1S/C10H11F2/c1-3-7(2)8-4-5-9(11)10(12)6-8/h4-6H,3H2,1-2H3. The van der Waals surface area contributed by atoms with Gasteiger partial charge in [0.25, 0.3) is 0 Å². The van der Waals surface area contributed by atoms with Crippen LogP contribution in [-0.4, -0.2) is 0 Å². The molecule has 0 nitrogen and oxygen atoms in total. The summed E-state index contributed by atoms with van der Waals surface area (Å²) in [6, 6.07) is 3.98. The summed E-state index contributed by atoms with van der Waals surface area (Å²) in [5.74, 6) is -0.503. The van der Waals surface area contributed by atoms with Gasteiger partial charge in [0.2, 0.25) is 0 Å². The first-order valence-electron chi connectivity index (χ1n) is 3.93. The highest BCUT2D eigenvalue weighted by Crippen LogP contribution is 2.19. The smallest absolute Gasteiger partial charge is 0.159 e. The van der Waals surface area contributed by atoms with Gasteiger partial charge in [-0.05, 0) is 24.1 Å². The Morgan fingerprint density at radius 3 is 2.42 bits per heavy atom. The van der Waals surface area contributed by atoms with Gasteiger partial charge in [-0.1, -0.05) is 19.9 Å². The fraction of sp³-hybridized carbons (Fsp3) is 0.300. The van der Waals surface area contributed by atoms with E-state index in [1.54, 1.807) is 6.07 Å². The third-order valence-corrected chi connectivity index (χ3v) is 1.94. The molecule has 2 heteroatoms. The fourth-order valence-electron chi connectivity index (χ4n) is 0.966. The number of hydrogen-bond acceptors (Lipinski definition) is 0. The van der Waals surface area contributed by atoms with Crippen LogP contribution in [0.5, 0.6) is 0 Å². The van der Waals surface area contributed by atoms with E-state index in [0.29, 0.717) is 0 Å². The average molecular weight is 169 g/mol. The van der Waals surface area contributed by atoms with Crippen molar-refractivity contribution in [3.05, 3.63) is 41.3 Å². The molecule has 1 rings (SSSR count). The topological polar surface area (TPSA) is 0 Å². The molecule has 0 bridgehead atoms. The van der Waals surface area contributed by atoms with Gasteiger partial charge in [0, 0.05) is 5.92 Å². The molecule has 0 aliphatic carbocycles. The minimum atomic E-state index is -0.789. The highest BCUT2D eigenvalue weighted by atomic mass is 19.2. The van der Waals surface area contributed by atoms with Crippen LogP contribution in [0.15, 0.2) is 18.2 Å². The third kappa shape index (κ3) is 1.81. The van der Waals surface area contributed by atoms with Gasteiger partial charge in [0.05, 0.1) is 0 Å². The molecule has 12 heavy (non-hydrogen) atoms. The first-order chi connectivity index (χ1) is 5.65. The Labute approximate surface area is 71.2 Å². The minimum Gasteiger partial charge on any atom is -0.204 e. The SMILES string of the molecule is CC[C](C)c1ccc(F)c(F)c1. The maximum Gasteiger partial charge on any atom is 0.159 e. The molecule has 0 N–H and O–H groups in total. The Balaban J connectivity index is 2.96. The summed E-state index contributed by atoms with van der Waals surface area (Å²) in [5, 5.41) is 0. The van der Waals surface area contributed by atoms with Crippen LogP contribution < -0.4 is 0 Å². The molecule has 0 spiro atoms. The summed E-state index contributed by atoms with van der Waals surface area (Å²) in [5.41, 5.74) is 0.774. The van der Waals surface area contributed by atoms with Crippen molar-refractivity contribution in [2.75, 3.05) is 0 Å². The molecular weight excluding hydrogens is 158 g/mol. The van der Waals surface area contributed by atoms with Gasteiger partial charge in [0.15, 0.2) is 11.6 Å². The average Bonchev–Trinajstić information content (AvgIpc) is 2.08. The molecule has 0 aromatic heterocycles. The highest BCUT2D eigenvalue weighted by Gasteiger charge is 2.07. The number of rotatable bonds is 2. The van der Waals surface area contributed by atoms with E-state index in [-0.39, 0.29) is 0 Å². The molecule has 1 aromatic rings. The van der Waals surface area contributed by atoms with Gasteiger partial charge in [-0.15, -0.1) is 0 Å². The Bertz CT molecular complexity index is 269. The molecule has 0 fully saturated rings. The lowest BCUT2D eigenvalue weighted by Gasteiger charge is -2.07. The molecular formula is C10H11F2. The molecule has 0 aliphatic rings. The van der Waals surface area contributed by atoms with E-state index < -0.39 is 11.6 Å². The van der Waals surface area contributed by atoms with Crippen LogP contribution >= 0.6 is 0 Å². The molecule has 0 saturated carbocycles. The van der Waals surface area contributed by atoms with E-state index in [9.17, 15) is 8.78 Å². The summed E-state index contributed by atoms with van der Waals surface area (Å²) in [4.78, 5) is 0. The van der Waals surface area contributed by atoms with Crippen molar-refractivity contribution in [3.8, 4) is 0 Å². The van der Waals surface area contributed by atoms with E-state index in [0.717, 1.165) is 24.0 Å². The summed E-state index contributed by atoms with van der Waals surface area (Å²) in [7, 11) is 0.